The van der Waals surface area contributed by atoms with Crippen LogP contribution in [0.25, 0.3) is 39.0 Å². The van der Waals surface area contributed by atoms with Crippen molar-refractivity contribution in [3.8, 4) is 33.4 Å². The fourth-order valence-corrected chi connectivity index (χ4v) is 10.9. The molecular formula is C57H48. The van der Waals surface area contributed by atoms with Crippen LogP contribution in [-0.2, 0) is 22.7 Å². The lowest BCUT2D eigenvalue weighted by Gasteiger charge is -2.33. The van der Waals surface area contributed by atoms with Crippen molar-refractivity contribution in [1.82, 2.24) is 0 Å². The highest BCUT2D eigenvalue weighted by Gasteiger charge is 2.52. The monoisotopic (exact) mass is 732 g/mol. The van der Waals surface area contributed by atoms with Gasteiger partial charge in [-0.05, 0) is 108 Å². The molecule has 57 heavy (non-hydrogen) atoms. The second-order valence-corrected chi connectivity index (χ2v) is 17.3. The summed E-state index contributed by atoms with van der Waals surface area (Å²) in [6, 6.07) is 58.8. The molecule has 4 aliphatic rings. The van der Waals surface area contributed by atoms with Crippen molar-refractivity contribution in [3.63, 3.8) is 0 Å². The molecule has 4 aliphatic carbocycles. The highest BCUT2D eigenvalue weighted by atomic mass is 14.5. The molecule has 0 heterocycles. The molecule has 0 aliphatic heterocycles. The number of rotatable bonds is 4. The smallest absolute Gasteiger partial charge is 0.0691 e. The van der Waals surface area contributed by atoms with Gasteiger partial charge in [0.2, 0.25) is 0 Å². The quantitative estimate of drug-likeness (QED) is 0.158. The van der Waals surface area contributed by atoms with Crippen molar-refractivity contribution in [2.24, 2.45) is 0 Å². The number of benzene rings is 7. The zero-order valence-corrected chi connectivity index (χ0v) is 33.7. The molecule has 0 aromatic heterocycles. The predicted molar refractivity (Wildman–Crippen MR) is 241 cm³/mol. The summed E-state index contributed by atoms with van der Waals surface area (Å²) in [6.07, 6.45) is 7.14. The number of hydrogen-bond donors (Lipinski definition) is 0. The van der Waals surface area contributed by atoms with E-state index in [0.29, 0.717) is 0 Å². The van der Waals surface area contributed by atoms with E-state index in [4.69, 9.17) is 0 Å². The summed E-state index contributed by atoms with van der Waals surface area (Å²) < 4.78 is 0. The fourth-order valence-electron chi connectivity index (χ4n) is 10.9. The van der Waals surface area contributed by atoms with E-state index in [0.717, 1.165) is 6.42 Å². The lowest BCUT2D eigenvalue weighted by atomic mass is 9.68. The van der Waals surface area contributed by atoms with E-state index in [1.807, 2.05) is 6.08 Å². The molecule has 11 rings (SSSR count). The van der Waals surface area contributed by atoms with Crippen LogP contribution in [0, 0.1) is 6.92 Å². The van der Waals surface area contributed by atoms with Crippen molar-refractivity contribution < 1.29 is 0 Å². The minimum atomic E-state index is -0.331. The molecule has 0 fully saturated rings. The first-order valence-corrected chi connectivity index (χ1v) is 20.4. The maximum absolute atomic E-state index is 4.01. The Bertz CT molecular complexity index is 2800. The summed E-state index contributed by atoms with van der Waals surface area (Å²) in [7, 11) is 0. The highest BCUT2D eigenvalue weighted by molar-refractivity contribution is 5.97. The summed E-state index contributed by atoms with van der Waals surface area (Å²) in [4.78, 5) is 0. The second-order valence-electron chi connectivity index (χ2n) is 17.3. The Hall–Kier alpha value is -6.24. The molecule has 1 spiro atoms. The van der Waals surface area contributed by atoms with Crippen LogP contribution in [0.3, 0.4) is 0 Å². The topological polar surface area (TPSA) is 0 Å². The molecule has 276 valence electrons. The minimum Gasteiger partial charge on any atom is -0.0991 e. The van der Waals surface area contributed by atoms with E-state index in [9.17, 15) is 0 Å². The van der Waals surface area contributed by atoms with Crippen LogP contribution in [0.2, 0.25) is 0 Å². The Morgan fingerprint density at radius 3 is 1.37 bits per heavy atom. The number of allylic oxidation sites excluding steroid dienone is 5. The molecular weight excluding hydrogens is 685 g/mol. The maximum atomic E-state index is 4.01. The van der Waals surface area contributed by atoms with E-state index < -0.39 is 0 Å². The average Bonchev–Trinajstić information content (AvgIpc) is 3.85. The van der Waals surface area contributed by atoms with Crippen LogP contribution in [0.5, 0.6) is 0 Å². The molecule has 0 radical (unpaired) electrons. The molecule has 0 amide bonds. The van der Waals surface area contributed by atoms with Gasteiger partial charge in [-0.25, -0.2) is 0 Å². The third-order valence-electron chi connectivity index (χ3n) is 13.5. The Morgan fingerprint density at radius 2 is 0.842 bits per heavy atom. The van der Waals surface area contributed by atoms with Crippen LogP contribution in [-0.4, -0.2) is 0 Å². The summed E-state index contributed by atoms with van der Waals surface area (Å²) in [6.45, 7) is 15.6. The maximum Gasteiger partial charge on any atom is 0.0691 e. The van der Waals surface area contributed by atoms with Gasteiger partial charge in [-0.2, -0.15) is 0 Å². The van der Waals surface area contributed by atoms with E-state index in [1.165, 1.54) is 100 Å². The first kappa shape index (κ1) is 35.2. The van der Waals surface area contributed by atoms with E-state index in [2.05, 4.69) is 211 Å². The van der Waals surface area contributed by atoms with Gasteiger partial charge in [0, 0.05) is 10.8 Å². The molecule has 0 N–H and O–H groups in total. The summed E-state index contributed by atoms with van der Waals surface area (Å²) in [5.74, 6) is 0. The highest BCUT2D eigenvalue weighted by Crippen LogP contribution is 2.62. The largest absolute Gasteiger partial charge is 0.0991 e. The molecule has 0 unspecified atom stereocenters. The van der Waals surface area contributed by atoms with Gasteiger partial charge in [0.25, 0.3) is 0 Å². The Labute approximate surface area is 338 Å². The van der Waals surface area contributed by atoms with Crippen molar-refractivity contribution in [1.29, 1.82) is 0 Å². The fraction of sp³-hybridized carbons (Fsp3) is 0.158. The van der Waals surface area contributed by atoms with Gasteiger partial charge < -0.3 is 0 Å². The van der Waals surface area contributed by atoms with Crippen molar-refractivity contribution >= 4 is 5.57 Å². The van der Waals surface area contributed by atoms with Gasteiger partial charge >= 0.3 is 0 Å². The summed E-state index contributed by atoms with van der Waals surface area (Å²) >= 11 is 0. The Morgan fingerprint density at radius 1 is 0.439 bits per heavy atom. The van der Waals surface area contributed by atoms with Crippen LogP contribution in [0.15, 0.2) is 188 Å². The first-order chi connectivity index (χ1) is 27.7. The Kier molecular flexibility index (Phi) is 7.97. The number of fused-ring (bicyclic) bond motifs is 13. The van der Waals surface area contributed by atoms with Gasteiger partial charge in [-0.3, -0.25) is 0 Å². The molecule has 0 heteroatoms. The average molecular weight is 733 g/mol. The molecule has 0 nitrogen and oxygen atoms in total. The minimum absolute atomic E-state index is 0.0230. The molecule has 7 aromatic carbocycles. The first-order valence-electron chi connectivity index (χ1n) is 20.4. The van der Waals surface area contributed by atoms with Gasteiger partial charge in [0.1, 0.15) is 0 Å². The van der Waals surface area contributed by atoms with Crippen molar-refractivity contribution in [3.05, 3.63) is 244 Å². The lowest BCUT2D eigenvalue weighted by molar-refractivity contribution is 0.658. The molecule has 0 saturated carbocycles. The normalized spacial score (nSPS) is 16.2. The molecule has 0 atom stereocenters. The third kappa shape index (κ3) is 4.99. The van der Waals surface area contributed by atoms with Crippen LogP contribution in [0.1, 0.15) is 83.3 Å². The van der Waals surface area contributed by atoms with E-state index >= 15 is 0 Å². The predicted octanol–water partition coefficient (Wildman–Crippen LogP) is 14.4. The van der Waals surface area contributed by atoms with E-state index in [-0.39, 0.29) is 16.2 Å². The molecule has 7 aromatic rings. The van der Waals surface area contributed by atoms with Gasteiger partial charge in [-0.1, -0.05) is 216 Å². The Balaban J connectivity index is 0.000000206. The van der Waals surface area contributed by atoms with E-state index in [1.54, 1.807) is 0 Å². The van der Waals surface area contributed by atoms with Crippen molar-refractivity contribution in [2.75, 3.05) is 0 Å². The second kappa shape index (κ2) is 12.9. The summed E-state index contributed by atoms with van der Waals surface area (Å²) in [5.41, 5.74) is 24.8. The van der Waals surface area contributed by atoms with Gasteiger partial charge in [0.15, 0.2) is 0 Å². The lowest BCUT2D eigenvalue weighted by Crippen LogP contribution is -2.28. The standard InChI is InChI=1S/C41H32.C16H16/c1-4-5-14-32-31-18-9-13-22-37(31)41(35-20-11-7-16-29(35)30-17-8-12-21-36(30)41)39(32)26-27-23-24-33-28-15-6-10-19-34(28)40(2,3)38(33)25-27;1-11-8-9-13-12-6-4-5-7-14(12)16(2,3)15(13)10-11/h4-25H,1,26H2,2-3H3;4-10H,1-3H3/b14-5-;. The summed E-state index contributed by atoms with van der Waals surface area (Å²) in [5, 5.41) is 0. The van der Waals surface area contributed by atoms with Gasteiger partial charge in [-0.15, -0.1) is 0 Å². The SMILES string of the molecule is C=C/C=C\C1=C(Cc2ccc3c(c2)C(C)(C)c2ccccc2-3)C2(c3ccccc31)c1ccccc1-c1ccccc12.Cc1ccc2c(c1)C(C)(C)c1ccccc1-2. The van der Waals surface area contributed by atoms with Crippen LogP contribution < -0.4 is 0 Å². The van der Waals surface area contributed by atoms with Gasteiger partial charge in [0.05, 0.1) is 5.41 Å². The number of aryl methyl sites for hydroxylation is 1. The number of hydrogen-bond acceptors (Lipinski definition) is 0. The zero-order valence-electron chi connectivity index (χ0n) is 33.7. The van der Waals surface area contributed by atoms with Crippen molar-refractivity contribution in [2.45, 2.75) is 57.3 Å². The third-order valence-corrected chi connectivity index (χ3v) is 13.5. The molecule has 0 bridgehead atoms. The molecule has 0 saturated heterocycles. The zero-order chi connectivity index (χ0) is 39.1. The van der Waals surface area contributed by atoms with Crippen LogP contribution in [0.4, 0.5) is 0 Å². The van der Waals surface area contributed by atoms with Crippen LogP contribution >= 0.6 is 0 Å².